The summed E-state index contributed by atoms with van der Waals surface area (Å²) in [5, 5.41) is 3.96. The van der Waals surface area contributed by atoms with Gasteiger partial charge in [-0.05, 0) is 36.6 Å². The summed E-state index contributed by atoms with van der Waals surface area (Å²) >= 11 is 0. The van der Waals surface area contributed by atoms with Gasteiger partial charge in [-0.15, -0.1) is 0 Å². The Kier molecular flexibility index (Phi) is 7.11. The van der Waals surface area contributed by atoms with Crippen LogP contribution < -0.4 is 10.1 Å². The van der Waals surface area contributed by atoms with Crippen LogP contribution in [-0.2, 0) is 21.2 Å². The Morgan fingerprint density at radius 3 is 2.17 bits per heavy atom. The van der Waals surface area contributed by atoms with Crippen molar-refractivity contribution in [2.75, 3.05) is 0 Å². The zero-order chi connectivity index (χ0) is 21.4. The lowest BCUT2D eigenvalue weighted by Crippen LogP contribution is -2.46. The second-order valence-corrected chi connectivity index (χ2v) is 8.54. The molecule has 0 bridgehead atoms. The summed E-state index contributed by atoms with van der Waals surface area (Å²) in [5.41, 5.74) is 5.03. The maximum atomic E-state index is 12.8. The SMILES string of the molecule is Cc1ccc(S(=O)(=O)N[C@@H](Cc2ccccc2)C(=O)N/N=C/c2ccccc2)cc1. The largest absolute Gasteiger partial charge is 0.271 e. The summed E-state index contributed by atoms with van der Waals surface area (Å²) in [4.78, 5) is 12.9. The normalized spacial score (nSPS) is 12.6. The Labute approximate surface area is 176 Å². The highest BCUT2D eigenvalue weighted by Gasteiger charge is 2.26. The molecule has 2 N–H and O–H groups in total. The number of nitrogens with zero attached hydrogens (tertiary/aromatic N) is 1. The summed E-state index contributed by atoms with van der Waals surface area (Å²) < 4.78 is 28.1. The summed E-state index contributed by atoms with van der Waals surface area (Å²) in [7, 11) is -3.88. The molecule has 3 rings (SSSR count). The zero-order valence-electron chi connectivity index (χ0n) is 16.5. The molecule has 0 spiro atoms. The van der Waals surface area contributed by atoms with E-state index < -0.39 is 22.0 Å². The zero-order valence-corrected chi connectivity index (χ0v) is 17.3. The van der Waals surface area contributed by atoms with Crippen LogP contribution >= 0.6 is 0 Å². The minimum Gasteiger partial charge on any atom is -0.271 e. The second kappa shape index (κ2) is 9.96. The topological polar surface area (TPSA) is 87.6 Å². The number of hydrazone groups is 1. The fourth-order valence-corrected chi connectivity index (χ4v) is 3.99. The number of sulfonamides is 1. The van der Waals surface area contributed by atoms with Crippen LogP contribution in [0.2, 0.25) is 0 Å². The lowest BCUT2D eigenvalue weighted by atomic mass is 10.1. The molecule has 1 atom stereocenters. The maximum absolute atomic E-state index is 12.8. The molecule has 154 valence electrons. The number of carbonyl (C=O) groups is 1. The van der Waals surface area contributed by atoms with E-state index in [-0.39, 0.29) is 11.3 Å². The van der Waals surface area contributed by atoms with Gasteiger partial charge in [-0.2, -0.15) is 9.82 Å². The number of aryl methyl sites for hydroxylation is 1. The van der Waals surface area contributed by atoms with Crippen molar-refractivity contribution in [2.24, 2.45) is 5.10 Å². The highest BCUT2D eigenvalue weighted by atomic mass is 32.2. The maximum Gasteiger partial charge on any atom is 0.258 e. The Balaban J connectivity index is 1.78. The molecule has 0 radical (unpaired) electrons. The van der Waals surface area contributed by atoms with E-state index >= 15 is 0 Å². The first-order valence-corrected chi connectivity index (χ1v) is 10.9. The van der Waals surface area contributed by atoms with Crippen molar-refractivity contribution >= 4 is 22.1 Å². The number of benzene rings is 3. The van der Waals surface area contributed by atoms with Gasteiger partial charge in [0.05, 0.1) is 11.1 Å². The van der Waals surface area contributed by atoms with Crippen molar-refractivity contribution in [2.45, 2.75) is 24.3 Å². The molecule has 0 unspecified atom stereocenters. The third-order valence-corrected chi connectivity index (χ3v) is 5.90. The Bertz CT molecular complexity index is 1100. The molecule has 0 fully saturated rings. The minimum atomic E-state index is -3.88. The molecular formula is C23H23N3O3S. The smallest absolute Gasteiger partial charge is 0.258 e. The number of hydrogen-bond acceptors (Lipinski definition) is 4. The molecule has 3 aromatic carbocycles. The average Bonchev–Trinajstić information content (AvgIpc) is 2.75. The van der Waals surface area contributed by atoms with Crippen LogP contribution in [0, 0.1) is 6.92 Å². The summed E-state index contributed by atoms with van der Waals surface area (Å²) in [6.45, 7) is 1.88. The molecular weight excluding hydrogens is 398 g/mol. The van der Waals surface area contributed by atoms with E-state index in [2.05, 4.69) is 15.2 Å². The van der Waals surface area contributed by atoms with E-state index in [4.69, 9.17) is 0 Å². The number of nitrogens with one attached hydrogen (secondary N) is 2. The summed E-state index contributed by atoms with van der Waals surface area (Å²) in [6, 6.07) is 23.9. The molecule has 3 aromatic rings. The number of amides is 1. The monoisotopic (exact) mass is 421 g/mol. The van der Waals surface area contributed by atoms with Crippen molar-refractivity contribution in [3.05, 3.63) is 102 Å². The predicted molar refractivity (Wildman–Crippen MR) is 118 cm³/mol. The fourth-order valence-electron chi connectivity index (χ4n) is 2.80. The van der Waals surface area contributed by atoms with Crippen molar-refractivity contribution in [1.82, 2.24) is 10.1 Å². The van der Waals surface area contributed by atoms with E-state index in [0.717, 1.165) is 16.7 Å². The van der Waals surface area contributed by atoms with Gasteiger partial charge in [0.15, 0.2) is 0 Å². The third-order valence-electron chi connectivity index (χ3n) is 4.42. The second-order valence-electron chi connectivity index (χ2n) is 6.82. The van der Waals surface area contributed by atoms with Crippen LogP contribution in [0.4, 0.5) is 0 Å². The molecule has 1 amide bonds. The summed E-state index contributed by atoms with van der Waals surface area (Å²) in [5.74, 6) is -0.540. The highest BCUT2D eigenvalue weighted by molar-refractivity contribution is 7.89. The first-order chi connectivity index (χ1) is 14.4. The molecule has 0 aromatic heterocycles. The van der Waals surface area contributed by atoms with Gasteiger partial charge in [0.2, 0.25) is 10.0 Å². The van der Waals surface area contributed by atoms with E-state index in [0.29, 0.717) is 0 Å². The van der Waals surface area contributed by atoms with Gasteiger partial charge in [0.1, 0.15) is 6.04 Å². The minimum absolute atomic E-state index is 0.103. The van der Waals surface area contributed by atoms with Gasteiger partial charge in [0.25, 0.3) is 5.91 Å². The van der Waals surface area contributed by atoms with Gasteiger partial charge in [0, 0.05) is 0 Å². The van der Waals surface area contributed by atoms with Crippen LogP contribution in [0.25, 0.3) is 0 Å². The number of hydrogen-bond donors (Lipinski definition) is 2. The standard InChI is InChI=1S/C23H23N3O3S/c1-18-12-14-21(15-13-18)30(28,29)26-22(16-19-8-4-2-5-9-19)23(27)25-24-17-20-10-6-3-7-11-20/h2-15,17,22,26H,16H2,1H3,(H,25,27)/b24-17+/t22-/m0/s1. The fraction of sp³-hybridized carbons (Fsp3) is 0.130. The van der Waals surface area contributed by atoms with Crippen LogP contribution in [0.3, 0.4) is 0 Å². The third kappa shape index (κ3) is 6.10. The van der Waals surface area contributed by atoms with Crippen molar-refractivity contribution in [3.63, 3.8) is 0 Å². The highest BCUT2D eigenvalue weighted by Crippen LogP contribution is 2.12. The quantitative estimate of drug-likeness (QED) is 0.433. The lowest BCUT2D eigenvalue weighted by Gasteiger charge is -2.17. The van der Waals surface area contributed by atoms with Crippen molar-refractivity contribution in [1.29, 1.82) is 0 Å². The van der Waals surface area contributed by atoms with Gasteiger partial charge >= 0.3 is 0 Å². The number of rotatable bonds is 8. The van der Waals surface area contributed by atoms with Gasteiger partial charge in [-0.3, -0.25) is 4.79 Å². The Morgan fingerprint density at radius 1 is 0.933 bits per heavy atom. The van der Waals surface area contributed by atoms with Crippen LogP contribution in [-0.4, -0.2) is 26.6 Å². The average molecular weight is 422 g/mol. The van der Waals surface area contributed by atoms with E-state index in [9.17, 15) is 13.2 Å². The lowest BCUT2D eigenvalue weighted by molar-refractivity contribution is -0.122. The van der Waals surface area contributed by atoms with Crippen LogP contribution in [0.15, 0.2) is 94.9 Å². The van der Waals surface area contributed by atoms with Crippen LogP contribution in [0.1, 0.15) is 16.7 Å². The first kappa shape index (κ1) is 21.4. The van der Waals surface area contributed by atoms with Gasteiger partial charge in [-0.25, -0.2) is 13.8 Å². The molecule has 30 heavy (non-hydrogen) atoms. The van der Waals surface area contributed by atoms with Gasteiger partial charge < -0.3 is 0 Å². The molecule has 6 nitrogen and oxygen atoms in total. The molecule has 0 heterocycles. The van der Waals surface area contributed by atoms with Crippen molar-refractivity contribution < 1.29 is 13.2 Å². The molecule has 0 aliphatic rings. The van der Waals surface area contributed by atoms with E-state index in [1.807, 2.05) is 67.6 Å². The molecule has 0 saturated carbocycles. The first-order valence-electron chi connectivity index (χ1n) is 9.45. The Hall–Kier alpha value is -3.29. The predicted octanol–water partition coefficient (Wildman–Crippen LogP) is 3.03. The van der Waals surface area contributed by atoms with Crippen LogP contribution in [0.5, 0.6) is 0 Å². The molecule has 0 aliphatic heterocycles. The number of carbonyl (C=O) groups excluding carboxylic acids is 1. The van der Waals surface area contributed by atoms with E-state index in [1.54, 1.807) is 12.1 Å². The van der Waals surface area contributed by atoms with E-state index in [1.165, 1.54) is 18.3 Å². The Morgan fingerprint density at radius 2 is 1.53 bits per heavy atom. The molecule has 0 saturated heterocycles. The van der Waals surface area contributed by atoms with Crippen molar-refractivity contribution in [3.8, 4) is 0 Å². The molecule has 0 aliphatic carbocycles. The van der Waals surface area contributed by atoms with Gasteiger partial charge in [-0.1, -0.05) is 78.4 Å². The molecule has 7 heteroatoms. The summed E-state index contributed by atoms with van der Waals surface area (Å²) in [6.07, 6.45) is 1.70.